The molecule has 22 heavy (non-hydrogen) atoms. The van der Waals surface area contributed by atoms with Crippen molar-refractivity contribution in [1.82, 2.24) is 5.32 Å². The Morgan fingerprint density at radius 3 is 2.45 bits per heavy atom. The average molecular weight is 320 g/mol. The minimum absolute atomic E-state index is 0.233. The van der Waals surface area contributed by atoms with Gasteiger partial charge in [-0.3, -0.25) is 4.79 Å². The Kier molecular flexibility index (Phi) is 4.08. The van der Waals surface area contributed by atoms with Gasteiger partial charge in [-0.2, -0.15) is 0 Å². The van der Waals surface area contributed by atoms with Crippen molar-refractivity contribution in [3.05, 3.63) is 57.4 Å². The highest BCUT2D eigenvalue weighted by Gasteiger charge is 2.40. The number of aldehydes is 1. The maximum absolute atomic E-state index is 11.7. The molecule has 2 aliphatic heterocycles. The van der Waals surface area contributed by atoms with Crippen LogP contribution in [0.15, 0.2) is 46.8 Å². The molecule has 0 spiro atoms. The van der Waals surface area contributed by atoms with Gasteiger partial charge in [-0.1, -0.05) is 29.8 Å². The Morgan fingerprint density at radius 2 is 1.86 bits per heavy atom. The number of rotatable bonds is 3. The fourth-order valence-electron chi connectivity index (χ4n) is 3.04. The Balaban J connectivity index is 2.12. The number of benzene rings is 1. The van der Waals surface area contributed by atoms with Crippen LogP contribution in [0.1, 0.15) is 32.3 Å². The van der Waals surface area contributed by atoms with Crippen molar-refractivity contribution in [2.24, 2.45) is 0 Å². The molecule has 5 heteroatoms. The normalized spacial score (nSPS) is 28.3. The zero-order chi connectivity index (χ0) is 15.9. The number of carbonyl (C=O) groups excluding carboxylic acids is 1. The van der Waals surface area contributed by atoms with E-state index >= 15 is 0 Å². The van der Waals surface area contributed by atoms with Gasteiger partial charge in [0.25, 0.3) is 0 Å². The smallest absolute Gasteiger partial charge is 0.188 e. The third-order valence-electron chi connectivity index (χ3n) is 4.09. The second-order valence-electron chi connectivity index (χ2n) is 5.53. The number of nitrogens with one attached hydrogen (secondary N) is 1. The first-order valence-corrected chi connectivity index (χ1v) is 7.59. The standard InChI is InChI=1S/C17H18ClNO3/c1-9-13(8-20)16(12-6-4-5-7-14(12)18)15(10(2)19-9)17-21-11(3)22-17/h4-8,11,16-17,19H,1-3H3. The monoisotopic (exact) mass is 319 g/mol. The number of hydrogen-bond acceptors (Lipinski definition) is 4. The van der Waals surface area contributed by atoms with Crippen LogP contribution in [0.5, 0.6) is 0 Å². The molecule has 4 nitrogen and oxygen atoms in total. The quantitative estimate of drug-likeness (QED) is 0.866. The van der Waals surface area contributed by atoms with Crippen LogP contribution in [0.4, 0.5) is 0 Å². The molecular formula is C17H18ClNO3. The second-order valence-corrected chi connectivity index (χ2v) is 5.94. The summed E-state index contributed by atoms with van der Waals surface area (Å²) in [5.74, 6) is -0.259. The van der Waals surface area contributed by atoms with E-state index in [-0.39, 0.29) is 12.2 Å². The third-order valence-corrected chi connectivity index (χ3v) is 4.43. The van der Waals surface area contributed by atoms with Crippen LogP contribution in [-0.2, 0) is 14.3 Å². The van der Waals surface area contributed by atoms with Crippen molar-refractivity contribution in [2.75, 3.05) is 0 Å². The SMILES string of the molecule is CC1=C(C=O)C(c2ccccc2Cl)C(C2OC(C)O2)=C(C)N1. The molecule has 0 amide bonds. The summed E-state index contributed by atoms with van der Waals surface area (Å²) in [6.45, 7) is 5.69. The third kappa shape index (κ3) is 2.47. The fourth-order valence-corrected chi connectivity index (χ4v) is 3.29. The molecule has 1 aromatic carbocycles. The van der Waals surface area contributed by atoms with Crippen molar-refractivity contribution >= 4 is 17.9 Å². The zero-order valence-corrected chi connectivity index (χ0v) is 13.5. The number of halogens is 1. The molecule has 1 fully saturated rings. The lowest BCUT2D eigenvalue weighted by molar-refractivity contribution is -0.360. The first-order valence-electron chi connectivity index (χ1n) is 7.22. The highest BCUT2D eigenvalue weighted by atomic mass is 35.5. The first kappa shape index (κ1) is 15.3. The molecule has 2 heterocycles. The molecule has 1 atom stereocenters. The van der Waals surface area contributed by atoms with E-state index in [0.717, 1.165) is 28.8 Å². The van der Waals surface area contributed by atoms with Crippen molar-refractivity contribution in [3.8, 4) is 0 Å². The van der Waals surface area contributed by atoms with Gasteiger partial charge in [-0.15, -0.1) is 0 Å². The average Bonchev–Trinajstić information content (AvgIpc) is 2.45. The van der Waals surface area contributed by atoms with Gasteiger partial charge < -0.3 is 14.8 Å². The number of dihydropyridines is 1. The molecule has 116 valence electrons. The van der Waals surface area contributed by atoms with Gasteiger partial charge >= 0.3 is 0 Å². The zero-order valence-electron chi connectivity index (χ0n) is 12.7. The van der Waals surface area contributed by atoms with Gasteiger partial charge in [-0.05, 0) is 32.4 Å². The molecule has 1 N–H and O–H groups in total. The lowest BCUT2D eigenvalue weighted by atomic mass is 9.80. The lowest BCUT2D eigenvalue weighted by Crippen LogP contribution is -2.44. The van der Waals surface area contributed by atoms with E-state index in [9.17, 15) is 4.79 Å². The van der Waals surface area contributed by atoms with Crippen molar-refractivity contribution in [3.63, 3.8) is 0 Å². The molecular weight excluding hydrogens is 302 g/mol. The van der Waals surface area contributed by atoms with E-state index in [1.54, 1.807) is 0 Å². The lowest BCUT2D eigenvalue weighted by Gasteiger charge is -2.41. The minimum atomic E-state index is -0.452. The summed E-state index contributed by atoms with van der Waals surface area (Å²) >= 11 is 6.37. The summed E-state index contributed by atoms with van der Waals surface area (Å²) in [5, 5.41) is 3.86. The molecule has 1 saturated heterocycles. The maximum Gasteiger partial charge on any atom is 0.188 e. The molecule has 3 rings (SSSR count). The van der Waals surface area contributed by atoms with Crippen LogP contribution >= 0.6 is 11.6 Å². The Labute approximate surface area is 134 Å². The van der Waals surface area contributed by atoms with Crippen LogP contribution < -0.4 is 5.32 Å². The molecule has 0 bridgehead atoms. The van der Waals surface area contributed by atoms with Gasteiger partial charge in [0.1, 0.15) is 6.29 Å². The topological polar surface area (TPSA) is 47.6 Å². The molecule has 1 aromatic rings. The summed E-state index contributed by atoms with van der Waals surface area (Å²) in [5.41, 5.74) is 4.20. The van der Waals surface area contributed by atoms with Gasteiger partial charge in [0.2, 0.25) is 0 Å². The number of hydrogen-bond donors (Lipinski definition) is 1. The van der Waals surface area contributed by atoms with E-state index in [4.69, 9.17) is 21.1 Å². The van der Waals surface area contributed by atoms with Crippen LogP contribution in [0.2, 0.25) is 5.02 Å². The van der Waals surface area contributed by atoms with E-state index < -0.39 is 6.29 Å². The molecule has 0 aliphatic carbocycles. The Bertz CT molecular complexity index is 674. The van der Waals surface area contributed by atoms with E-state index in [0.29, 0.717) is 10.6 Å². The largest absolute Gasteiger partial charge is 0.362 e. The summed E-state index contributed by atoms with van der Waals surface area (Å²) in [6.07, 6.45) is 0.195. The van der Waals surface area contributed by atoms with Gasteiger partial charge in [-0.25, -0.2) is 0 Å². The van der Waals surface area contributed by atoms with Gasteiger partial charge in [0, 0.05) is 33.5 Å². The Hall–Kier alpha value is -1.62. The highest BCUT2D eigenvalue weighted by Crippen LogP contribution is 2.44. The summed E-state index contributed by atoms with van der Waals surface area (Å²) in [6, 6.07) is 7.55. The van der Waals surface area contributed by atoms with Crippen LogP contribution in [0, 0.1) is 0 Å². The maximum atomic E-state index is 11.7. The van der Waals surface area contributed by atoms with Gasteiger partial charge in [0.15, 0.2) is 12.6 Å². The van der Waals surface area contributed by atoms with E-state index in [1.807, 2.05) is 45.0 Å². The molecule has 0 saturated carbocycles. The first-order chi connectivity index (χ1) is 10.5. The number of ether oxygens (including phenoxy) is 2. The van der Waals surface area contributed by atoms with Crippen molar-refractivity contribution in [2.45, 2.75) is 39.3 Å². The van der Waals surface area contributed by atoms with Gasteiger partial charge in [0.05, 0.1) is 0 Å². The summed E-state index contributed by atoms with van der Waals surface area (Å²) in [7, 11) is 0. The second kappa shape index (κ2) is 5.88. The van der Waals surface area contributed by atoms with E-state index in [2.05, 4.69) is 5.32 Å². The van der Waals surface area contributed by atoms with Crippen LogP contribution in [0.25, 0.3) is 0 Å². The predicted octanol–water partition coefficient (Wildman–Crippen LogP) is 3.49. The molecule has 1 unspecified atom stereocenters. The fraction of sp³-hybridized carbons (Fsp3) is 0.353. The summed E-state index contributed by atoms with van der Waals surface area (Å²) in [4.78, 5) is 11.7. The molecule has 0 radical (unpaired) electrons. The van der Waals surface area contributed by atoms with E-state index in [1.165, 1.54) is 0 Å². The predicted molar refractivity (Wildman–Crippen MR) is 84.2 cm³/mol. The number of carbonyl (C=O) groups is 1. The van der Waals surface area contributed by atoms with Crippen LogP contribution in [0.3, 0.4) is 0 Å². The minimum Gasteiger partial charge on any atom is -0.362 e. The van der Waals surface area contributed by atoms with Crippen molar-refractivity contribution in [1.29, 1.82) is 0 Å². The highest BCUT2D eigenvalue weighted by molar-refractivity contribution is 6.31. The van der Waals surface area contributed by atoms with Crippen molar-refractivity contribution < 1.29 is 14.3 Å². The molecule has 0 aromatic heterocycles. The number of allylic oxidation sites excluding steroid dienone is 3. The summed E-state index contributed by atoms with van der Waals surface area (Å²) < 4.78 is 11.3. The Morgan fingerprint density at radius 1 is 1.18 bits per heavy atom. The molecule has 2 aliphatic rings. The van der Waals surface area contributed by atoms with Crippen LogP contribution in [-0.4, -0.2) is 18.9 Å².